The molecule has 112 valence electrons. The van der Waals surface area contributed by atoms with Crippen molar-refractivity contribution in [3.8, 4) is 5.75 Å². The van der Waals surface area contributed by atoms with Gasteiger partial charge in [0.25, 0.3) is 0 Å². The molecule has 2 nitrogen and oxygen atoms in total. The number of halogens is 3. The highest BCUT2D eigenvalue weighted by Crippen LogP contribution is 2.33. The van der Waals surface area contributed by atoms with Crippen molar-refractivity contribution in [2.45, 2.75) is 24.2 Å². The second-order valence-electron chi connectivity index (χ2n) is 4.44. The van der Waals surface area contributed by atoms with Crippen LogP contribution in [-0.4, -0.2) is 6.61 Å². The maximum Gasteiger partial charge on any atom is 0.387 e. The van der Waals surface area contributed by atoms with Gasteiger partial charge in [-0.25, -0.2) is 0 Å². The fraction of sp³-hybridized carbons (Fsp3) is 0.200. The number of aryl methyl sites for hydroxylation is 1. The van der Waals surface area contributed by atoms with Gasteiger partial charge in [0.2, 0.25) is 0 Å². The van der Waals surface area contributed by atoms with Crippen LogP contribution in [0.2, 0.25) is 5.02 Å². The summed E-state index contributed by atoms with van der Waals surface area (Å²) in [7, 11) is 0. The smallest absolute Gasteiger partial charge is 0.387 e. The van der Waals surface area contributed by atoms with Crippen molar-refractivity contribution in [3.05, 3.63) is 52.5 Å². The molecule has 0 fully saturated rings. The molecule has 21 heavy (non-hydrogen) atoms. The Balaban J connectivity index is 2.18. The van der Waals surface area contributed by atoms with E-state index in [1.165, 1.54) is 23.9 Å². The minimum atomic E-state index is -2.86. The minimum absolute atomic E-state index is 0.142. The lowest BCUT2D eigenvalue weighted by Gasteiger charge is -2.12. The van der Waals surface area contributed by atoms with Gasteiger partial charge < -0.3 is 10.5 Å². The summed E-state index contributed by atoms with van der Waals surface area (Å²) in [6, 6.07) is 10.2. The van der Waals surface area contributed by atoms with Crippen LogP contribution < -0.4 is 10.5 Å². The molecule has 0 aliphatic carbocycles. The van der Waals surface area contributed by atoms with Crippen molar-refractivity contribution in [2.24, 2.45) is 0 Å². The molecule has 0 unspecified atom stereocenters. The normalized spacial score (nSPS) is 10.9. The highest BCUT2D eigenvalue weighted by Gasteiger charge is 2.11. The number of hydrogen-bond acceptors (Lipinski definition) is 3. The first kappa shape index (κ1) is 15.9. The lowest BCUT2D eigenvalue weighted by molar-refractivity contribution is -0.0503. The zero-order chi connectivity index (χ0) is 15.4. The second kappa shape index (κ2) is 7.00. The maximum absolute atomic E-state index is 12.4. The molecule has 2 aromatic rings. The Kier molecular flexibility index (Phi) is 5.31. The van der Waals surface area contributed by atoms with Gasteiger partial charge in [-0.05, 0) is 42.8 Å². The molecule has 0 aliphatic rings. The van der Waals surface area contributed by atoms with Crippen molar-refractivity contribution < 1.29 is 13.5 Å². The van der Waals surface area contributed by atoms with Crippen LogP contribution >= 0.6 is 23.4 Å². The molecule has 0 saturated heterocycles. The first-order chi connectivity index (χ1) is 9.95. The van der Waals surface area contributed by atoms with Crippen molar-refractivity contribution >= 4 is 29.1 Å². The molecule has 0 amide bonds. The van der Waals surface area contributed by atoms with Crippen LogP contribution in [0.15, 0.2) is 41.3 Å². The summed E-state index contributed by atoms with van der Waals surface area (Å²) in [6.45, 7) is -0.889. The number of nitrogen functional groups attached to an aromatic ring is 1. The first-order valence-corrected chi connectivity index (χ1v) is 7.54. The standard InChI is InChI=1S/C15H14ClF2NOS/c1-9-2-4-12(19)7-14(9)21-8-10-6-11(16)3-5-13(10)20-15(17)18/h2-7,15H,8,19H2,1H3. The molecule has 0 bridgehead atoms. The molecule has 0 atom stereocenters. The Morgan fingerprint density at radius 2 is 2.00 bits per heavy atom. The highest BCUT2D eigenvalue weighted by atomic mass is 35.5. The molecule has 0 saturated carbocycles. The van der Waals surface area contributed by atoms with Crippen LogP contribution in [0.1, 0.15) is 11.1 Å². The van der Waals surface area contributed by atoms with Crippen LogP contribution in [0, 0.1) is 6.92 Å². The van der Waals surface area contributed by atoms with Crippen molar-refractivity contribution in [1.29, 1.82) is 0 Å². The van der Waals surface area contributed by atoms with E-state index in [2.05, 4.69) is 4.74 Å². The van der Waals surface area contributed by atoms with Crippen LogP contribution in [0.5, 0.6) is 5.75 Å². The molecule has 0 heterocycles. The van der Waals surface area contributed by atoms with Crippen molar-refractivity contribution in [3.63, 3.8) is 0 Å². The maximum atomic E-state index is 12.4. The third-order valence-electron chi connectivity index (χ3n) is 2.83. The molecule has 2 aromatic carbocycles. The molecule has 0 aromatic heterocycles. The van der Waals surface area contributed by atoms with Crippen molar-refractivity contribution in [1.82, 2.24) is 0 Å². The Labute approximate surface area is 131 Å². The molecular weight excluding hydrogens is 316 g/mol. The summed E-state index contributed by atoms with van der Waals surface area (Å²) in [6.07, 6.45) is 0. The average Bonchev–Trinajstić information content (AvgIpc) is 2.42. The van der Waals surface area contributed by atoms with Gasteiger partial charge in [0.1, 0.15) is 5.75 Å². The van der Waals surface area contributed by atoms with Gasteiger partial charge in [0, 0.05) is 26.9 Å². The fourth-order valence-corrected chi connectivity index (χ4v) is 3.05. The number of nitrogens with two attached hydrogens (primary N) is 1. The third-order valence-corrected chi connectivity index (χ3v) is 4.28. The predicted molar refractivity (Wildman–Crippen MR) is 83.2 cm³/mol. The van der Waals surface area contributed by atoms with E-state index in [0.29, 0.717) is 22.0 Å². The number of alkyl halides is 2. The number of ether oxygens (including phenoxy) is 1. The lowest BCUT2D eigenvalue weighted by Crippen LogP contribution is -2.04. The van der Waals surface area contributed by atoms with Crippen LogP contribution in [0.3, 0.4) is 0 Å². The van der Waals surface area contributed by atoms with Gasteiger partial charge >= 0.3 is 6.61 Å². The van der Waals surface area contributed by atoms with E-state index >= 15 is 0 Å². The topological polar surface area (TPSA) is 35.2 Å². The SMILES string of the molecule is Cc1ccc(N)cc1SCc1cc(Cl)ccc1OC(F)F. The number of benzene rings is 2. The fourth-order valence-electron chi connectivity index (χ4n) is 1.80. The molecule has 2 rings (SSSR count). The van der Waals surface area contributed by atoms with Gasteiger partial charge in [-0.2, -0.15) is 8.78 Å². The van der Waals surface area contributed by atoms with Gasteiger partial charge in [-0.3, -0.25) is 0 Å². The van der Waals surface area contributed by atoms with Gasteiger partial charge in [-0.15, -0.1) is 11.8 Å². The Bertz CT molecular complexity index is 637. The monoisotopic (exact) mass is 329 g/mol. The van der Waals surface area contributed by atoms with Gasteiger partial charge in [0.15, 0.2) is 0 Å². The van der Waals surface area contributed by atoms with Gasteiger partial charge in [-0.1, -0.05) is 17.7 Å². The number of hydrogen-bond donors (Lipinski definition) is 1. The highest BCUT2D eigenvalue weighted by molar-refractivity contribution is 7.98. The molecule has 0 spiro atoms. The summed E-state index contributed by atoms with van der Waals surface area (Å²) < 4.78 is 29.3. The second-order valence-corrected chi connectivity index (χ2v) is 5.90. The first-order valence-electron chi connectivity index (χ1n) is 6.18. The molecule has 6 heteroatoms. The Morgan fingerprint density at radius 3 is 2.71 bits per heavy atom. The van der Waals surface area contributed by atoms with E-state index in [1.54, 1.807) is 6.07 Å². The number of thioether (sulfide) groups is 1. The summed E-state index contributed by atoms with van der Waals surface area (Å²) in [5, 5.41) is 0.483. The molecule has 0 radical (unpaired) electrons. The molecule has 0 aliphatic heterocycles. The van der Waals surface area contributed by atoms with Gasteiger partial charge in [0.05, 0.1) is 0 Å². The van der Waals surface area contributed by atoms with E-state index in [-0.39, 0.29) is 5.75 Å². The predicted octanol–water partition coefficient (Wildman–Crippen LogP) is 5.12. The van der Waals surface area contributed by atoms with Crippen molar-refractivity contribution in [2.75, 3.05) is 5.73 Å². The summed E-state index contributed by atoms with van der Waals surface area (Å²) in [5.74, 6) is 0.607. The van der Waals surface area contributed by atoms with Crippen LogP contribution in [0.4, 0.5) is 14.5 Å². The van der Waals surface area contributed by atoms with E-state index in [9.17, 15) is 8.78 Å². The van der Waals surface area contributed by atoms with E-state index in [1.807, 2.05) is 25.1 Å². The number of rotatable bonds is 5. The van der Waals surface area contributed by atoms with Crippen LogP contribution in [0.25, 0.3) is 0 Å². The average molecular weight is 330 g/mol. The molecular formula is C15H14ClF2NOS. The summed E-state index contributed by atoms with van der Waals surface area (Å²) in [4.78, 5) is 0.998. The Morgan fingerprint density at radius 1 is 1.24 bits per heavy atom. The zero-order valence-electron chi connectivity index (χ0n) is 11.3. The van der Waals surface area contributed by atoms with E-state index < -0.39 is 6.61 Å². The third kappa shape index (κ3) is 4.51. The molecule has 2 N–H and O–H groups in total. The number of anilines is 1. The minimum Gasteiger partial charge on any atom is -0.435 e. The quantitative estimate of drug-likeness (QED) is 0.610. The summed E-state index contributed by atoms with van der Waals surface area (Å²) >= 11 is 7.42. The largest absolute Gasteiger partial charge is 0.435 e. The lowest BCUT2D eigenvalue weighted by atomic mass is 10.2. The Hall–Kier alpha value is -1.46. The van der Waals surface area contributed by atoms with E-state index in [0.717, 1.165) is 10.5 Å². The zero-order valence-corrected chi connectivity index (χ0v) is 12.8. The van der Waals surface area contributed by atoms with Crippen LogP contribution in [-0.2, 0) is 5.75 Å². The summed E-state index contributed by atoms with van der Waals surface area (Å²) in [5.41, 5.74) is 8.12. The van der Waals surface area contributed by atoms with E-state index in [4.69, 9.17) is 17.3 Å².